The zero-order valence-corrected chi connectivity index (χ0v) is 20.2. The molecular formula is C25H28N2O5S. The van der Waals surface area contributed by atoms with Crippen LogP contribution >= 0.6 is 12.2 Å². The normalized spacial score (nSPS) is 17.0. The highest BCUT2D eigenvalue weighted by Crippen LogP contribution is 2.42. The molecule has 1 aliphatic carbocycles. The van der Waals surface area contributed by atoms with Crippen LogP contribution in [-0.4, -0.2) is 55.6 Å². The molecule has 1 heterocycles. The first-order valence-electron chi connectivity index (χ1n) is 10.9. The Morgan fingerprint density at radius 1 is 0.879 bits per heavy atom. The van der Waals surface area contributed by atoms with E-state index in [1.165, 1.54) is 0 Å². The van der Waals surface area contributed by atoms with E-state index in [0.717, 1.165) is 37.7 Å². The van der Waals surface area contributed by atoms with Gasteiger partial charge in [0.15, 0.2) is 11.5 Å². The first-order chi connectivity index (χ1) is 16.0. The summed E-state index contributed by atoms with van der Waals surface area (Å²) in [5.41, 5.74) is 1.16. The van der Waals surface area contributed by atoms with Gasteiger partial charge in [0.25, 0.3) is 5.91 Å². The fraction of sp³-hybridized carbons (Fsp3) is 0.400. The minimum atomic E-state index is -0.689. The number of amides is 1. The maximum absolute atomic E-state index is 13.8. The van der Waals surface area contributed by atoms with Crippen LogP contribution in [0.4, 0.5) is 0 Å². The second-order valence-electron chi connectivity index (χ2n) is 8.12. The topological polar surface area (TPSA) is 69.6 Å². The van der Waals surface area contributed by atoms with Gasteiger partial charge in [-0.2, -0.15) is 0 Å². The van der Waals surface area contributed by atoms with E-state index in [0.29, 0.717) is 39.3 Å². The Hall–Kier alpha value is -3.13. The highest BCUT2D eigenvalue weighted by molar-refractivity contribution is 7.82. The van der Waals surface area contributed by atoms with Crippen LogP contribution in [0.5, 0.6) is 23.0 Å². The molecule has 1 fully saturated rings. The molecule has 0 radical (unpaired) electrons. The molecule has 2 aromatic carbocycles. The maximum Gasteiger partial charge on any atom is 0.261 e. The van der Waals surface area contributed by atoms with E-state index in [4.69, 9.17) is 36.2 Å². The van der Waals surface area contributed by atoms with Crippen molar-refractivity contribution in [1.29, 1.82) is 0 Å². The van der Waals surface area contributed by atoms with Crippen molar-refractivity contribution in [3.05, 3.63) is 47.5 Å². The van der Waals surface area contributed by atoms with Crippen LogP contribution in [0, 0.1) is 0 Å². The van der Waals surface area contributed by atoms with Gasteiger partial charge in [0.1, 0.15) is 27.9 Å². The fourth-order valence-corrected chi connectivity index (χ4v) is 4.98. The molecule has 0 saturated heterocycles. The van der Waals surface area contributed by atoms with Crippen molar-refractivity contribution in [2.75, 3.05) is 28.4 Å². The molecule has 4 rings (SSSR count). The van der Waals surface area contributed by atoms with Crippen molar-refractivity contribution < 1.29 is 23.7 Å². The van der Waals surface area contributed by atoms with Crippen molar-refractivity contribution in [3.8, 4) is 23.0 Å². The Balaban J connectivity index is 1.78. The molecule has 0 atom stereocenters. The standard InChI is InChI=1S/C25H28N2O5S/c1-29-18-12-17(13-19(15-18)30-2)22-24(33)27(25(26-22)10-6-5-7-11-25)23(28)16-8-9-20(31-3)21(14-16)32-4/h8-9,12-15H,5-7,10-11H2,1-4H3. The summed E-state index contributed by atoms with van der Waals surface area (Å²) >= 11 is 5.88. The summed E-state index contributed by atoms with van der Waals surface area (Å²) in [5, 5.41) is 0. The van der Waals surface area contributed by atoms with E-state index >= 15 is 0 Å². The van der Waals surface area contributed by atoms with Gasteiger partial charge in [-0.1, -0.05) is 18.6 Å². The van der Waals surface area contributed by atoms with E-state index < -0.39 is 5.66 Å². The van der Waals surface area contributed by atoms with Crippen LogP contribution in [0.1, 0.15) is 48.0 Å². The van der Waals surface area contributed by atoms with Crippen LogP contribution in [0.2, 0.25) is 0 Å². The summed E-state index contributed by atoms with van der Waals surface area (Å²) in [6.07, 6.45) is 4.60. The first-order valence-corrected chi connectivity index (χ1v) is 11.3. The molecule has 1 saturated carbocycles. The molecular weight excluding hydrogens is 440 g/mol. The zero-order valence-electron chi connectivity index (χ0n) is 19.3. The largest absolute Gasteiger partial charge is 0.497 e. The fourth-order valence-electron chi connectivity index (χ4n) is 4.57. The number of hydrogen-bond donors (Lipinski definition) is 0. The number of thiocarbonyl (C=S) groups is 1. The molecule has 0 bridgehead atoms. The predicted octanol–water partition coefficient (Wildman–Crippen LogP) is 4.65. The van der Waals surface area contributed by atoms with Gasteiger partial charge in [0.2, 0.25) is 0 Å². The van der Waals surface area contributed by atoms with Crippen molar-refractivity contribution in [3.63, 3.8) is 0 Å². The monoisotopic (exact) mass is 468 g/mol. The number of rotatable bonds is 6. The molecule has 33 heavy (non-hydrogen) atoms. The van der Waals surface area contributed by atoms with Gasteiger partial charge < -0.3 is 18.9 Å². The molecule has 2 aromatic rings. The second-order valence-corrected chi connectivity index (χ2v) is 8.51. The molecule has 2 aliphatic rings. The van der Waals surface area contributed by atoms with Crippen molar-refractivity contribution >= 4 is 28.8 Å². The van der Waals surface area contributed by atoms with Crippen LogP contribution in [0.15, 0.2) is 41.4 Å². The lowest BCUT2D eigenvalue weighted by Crippen LogP contribution is -2.50. The molecule has 0 N–H and O–H groups in total. The lowest BCUT2D eigenvalue weighted by Gasteiger charge is -2.38. The lowest BCUT2D eigenvalue weighted by atomic mass is 9.88. The summed E-state index contributed by atoms with van der Waals surface area (Å²) in [5.74, 6) is 2.13. The minimum absolute atomic E-state index is 0.198. The summed E-state index contributed by atoms with van der Waals surface area (Å²) in [7, 11) is 6.31. The number of ether oxygens (including phenoxy) is 4. The highest BCUT2D eigenvalue weighted by atomic mass is 32.1. The average Bonchev–Trinajstić information content (AvgIpc) is 3.14. The SMILES string of the molecule is COc1cc(OC)cc(C2=NC3(CCCCC3)N(C(=O)c3ccc(OC)c(OC)c3)C2=S)c1. The molecule has 174 valence electrons. The number of nitrogens with zero attached hydrogens (tertiary/aromatic N) is 2. The number of methoxy groups -OCH3 is 4. The molecule has 1 amide bonds. The van der Waals surface area contributed by atoms with E-state index in [1.807, 2.05) is 12.1 Å². The van der Waals surface area contributed by atoms with E-state index in [-0.39, 0.29) is 5.91 Å². The molecule has 1 spiro atoms. The number of carbonyl (C=O) groups excluding carboxylic acids is 1. The summed E-state index contributed by atoms with van der Waals surface area (Å²) in [6, 6.07) is 10.7. The molecule has 0 unspecified atom stereocenters. The quantitative estimate of drug-likeness (QED) is 0.575. The number of hydrogen-bond acceptors (Lipinski definition) is 7. The molecule has 7 nitrogen and oxygen atoms in total. The third-order valence-electron chi connectivity index (χ3n) is 6.25. The van der Waals surface area contributed by atoms with Crippen LogP contribution in [-0.2, 0) is 0 Å². The van der Waals surface area contributed by atoms with E-state index in [1.54, 1.807) is 57.6 Å². The lowest BCUT2D eigenvalue weighted by molar-refractivity contribution is 0.0648. The van der Waals surface area contributed by atoms with Gasteiger partial charge in [0.05, 0.1) is 28.4 Å². The van der Waals surface area contributed by atoms with Gasteiger partial charge in [-0.25, -0.2) is 0 Å². The highest BCUT2D eigenvalue weighted by Gasteiger charge is 2.49. The van der Waals surface area contributed by atoms with Gasteiger partial charge in [-0.3, -0.25) is 14.7 Å². The van der Waals surface area contributed by atoms with E-state index in [2.05, 4.69) is 0 Å². The van der Waals surface area contributed by atoms with Crippen molar-refractivity contribution in [2.45, 2.75) is 37.8 Å². The minimum Gasteiger partial charge on any atom is -0.497 e. The second kappa shape index (κ2) is 9.39. The number of benzene rings is 2. The summed E-state index contributed by atoms with van der Waals surface area (Å²) < 4.78 is 21.6. The van der Waals surface area contributed by atoms with Crippen LogP contribution in [0.25, 0.3) is 0 Å². The Labute approximate surface area is 199 Å². The van der Waals surface area contributed by atoms with Gasteiger partial charge in [0, 0.05) is 17.2 Å². The number of aliphatic imine (C=N–C) groups is 1. The van der Waals surface area contributed by atoms with Crippen LogP contribution < -0.4 is 18.9 Å². The van der Waals surface area contributed by atoms with Gasteiger partial charge >= 0.3 is 0 Å². The summed E-state index contributed by atoms with van der Waals surface area (Å²) in [6.45, 7) is 0. The van der Waals surface area contributed by atoms with Crippen molar-refractivity contribution in [2.24, 2.45) is 4.99 Å². The smallest absolute Gasteiger partial charge is 0.261 e. The van der Waals surface area contributed by atoms with Crippen LogP contribution in [0.3, 0.4) is 0 Å². The maximum atomic E-state index is 13.8. The molecule has 8 heteroatoms. The average molecular weight is 469 g/mol. The Morgan fingerprint density at radius 2 is 1.52 bits per heavy atom. The number of carbonyl (C=O) groups is 1. The van der Waals surface area contributed by atoms with Gasteiger partial charge in [-0.15, -0.1) is 0 Å². The summed E-state index contributed by atoms with van der Waals surface area (Å²) in [4.78, 5) is 21.0. The third-order valence-corrected chi connectivity index (χ3v) is 6.63. The molecule has 0 aromatic heterocycles. The predicted molar refractivity (Wildman–Crippen MR) is 130 cm³/mol. The Kier molecular flexibility index (Phi) is 6.56. The Bertz CT molecular complexity index is 1090. The first kappa shape index (κ1) is 23.0. The van der Waals surface area contributed by atoms with E-state index in [9.17, 15) is 4.79 Å². The Morgan fingerprint density at radius 3 is 2.09 bits per heavy atom. The third kappa shape index (κ3) is 4.15. The van der Waals surface area contributed by atoms with Gasteiger partial charge in [-0.05, 0) is 56.0 Å². The molecule has 1 aliphatic heterocycles. The van der Waals surface area contributed by atoms with Crippen molar-refractivity contribution in [1.82, 2.24) is 4.90 Å². The zero-order chi connectivity index (χ0) is 23.6.